The van der Waals surface area contributed by atoms with E-state index in [9.17, 15) is 0 Å². The third-order valence-corrected chi connectivity index (χ3v) is 3.83. The summed E-state index contributed by atoms with van der Waals surface area (Å²) in [5.41, 5.74) is 5.26. The molecule has 0 aromatic heterocycles. The summed E-state index contributed by atoms with van der Waals surface area (Å²) < 4.78 is 5.16. The van der Waals surface area contributed by atoms with Crippen molar-refractivity contribution in [2.24, 2.45) is 0 Å². The largest absolute Gasteiger partial charge is 0.497 e. The van der Waals surface area contributed by atoms with Crippen molar-refractivity contribution < 1.29 is 4.74 Å². The minimum atomic E-state index is 0.875. The standard InChI is InChI=1S/C19H26N2O/c1-4-17-7-5-6-15(2)19(17)21-13-12-20-14-16-8-10-18(22-3)11-9-16/h5-11,20-21H,4,12-14H2,1-3H3. The minimum absolute atomic E-state index is 0.875. The van der Waals surface area contributed by atoms with E-state index >= 15 is 0 Å². The van der Waals surface area contributed by atoms with Crippen LogP contribution < -0.4 is 15.4 Å². The molecule has 0 heterocycles. The molecule has 0 fully saturated rings. The predicted molar refractivity (Wildman–Crippen MR) is 93.7 cm³/mol. The molecule has 0 aliphatic carbocycles. The smallest absolute Gasteiger partial charge is 0.118 e. The monoisotopic (exact) mass is 298 g/mol. The van der Waals surface area contributed by atoms with Gasteiger partial charge in [0.25, 0.3) is 0 Å². The molecular formula is C19H26N2O. The van der Waals surface area contributed by atoms with Crippen LogP contribution in [0, 0.1) is 6.92 Å². The molecule has 0 unspecified atom stereocenters. The van der Waals surface area contributed by atoms with Crippen LogP contribution in [0.5, 0.6) is 5.75 Å². The SMILES string of the molecule is CCc1cccc(C)c1NCCNCc1ccc(OC)cc1. The van der Waals surface area contributed by atoms with Crippen LogP contribution in [0.1, 0.15) is 23.6 Å². The first-order valence-electron chi connectivity index (χ1n) is 7.90. The Hall–Kier alpha value is -2.00. The Morgan fingerprint density at radius 2 is 1.77 bits per heavy atom. The summed E-state index contributed by atoms with van der Waals surface area (Å²) in [5.74, 6) is 0.900. The number of nitrogens with one attached hydrogen (secondary N) is 2. The molecule has 3 nitrogen and oxygen atoms in total. The summed E-state index contributed by atoms with van der Waals surface area (Å²) in [6.45, 7) is 7.09. The first kappa shape index (κ1) is 16.4. The van der Waals surface area contributed by atoms with Crippen LogP contribution in [0.4, 0.5) is 5.69 Å². The molecule has 2 aromatic carbocycles. The van der Waals surface area contributed by atoms with E-state index in [1.807, 2.05) is 12.1 Å². The molecule has 0 saturated heterocycles. The minimum Gasteiger partial charge on any atom is -0.497 e. The normalized spacial score (nSPS) is 10.5. The highest BCUT2D eigenvalue weighted by molar-refractivity contribution is 5.57. The fraction of sp³-hybridized carbons (Fsp3) is 0.368. The summed E-state index contributed by atoms with van der Waals surface area (Å²) in [5, 5.41) is 7.02. The Morgan fingerprint density at radius 3 is 2.45 bits per heavy atom. The second kappa shape index (κ2) is 8.44. The Bertz CT molecular complexity index is 578. The third kappa shape index (κ3) is 4.50. The molecule has 118 valence electrons. The molecule has 22 heavy (non-hydrogen) atoms. The second-order valence-electron chi connectivity index (χ2n) is 5.41. The quantitative estimate of drug-likeness (QED) is 0.728. The van der Waals surface area contributed by atoms with Crippen LogP contribution >= 0.6 is 0 Å². The maximum atomic E-state index is 5.16. The first-order chi connectivity index (χ1) is 10.7. The van der Waals surface area contributed by atoms with Crippen molar-refractivity contribution in [3.05, 3.63) is 59.2 Å². The highest BCUT2D eigenvalue weighted by Gasteiger charge is 2.02. The van der Waals surface area contributed by atoms with E-state index in [4.69, 9.17) is 4.74 Å². The van der Waals surface area contributed by atoms with Crippen LogP contribution in [0.15, 0.2) is 42.5 Å². The lowest BCUT2D eigenvalue weighted by atomic mass is 10.1. The first-order valence-corrected chi connectivity index (χ1v) is 7.90. The van der Waals surface area contributed by atoms with Gasteiger partial charge in [-0.25, -0.2) is 0 Å². The van der Waals surface area contributed by atoms with Crippen LogP contribution in [0.2, 0.25) is 0 Å². The van der Waals surface area contributed by atoms with Crippen molar-refractivity contribution in [1.82, 2.24) is 5.32 Å². The van der Waals surface area contributed by atoms with E-state index < -0.39 is 0 Å². The number of hydrogen-bond donors (Lipinski definition) is 2. The van der Waals surface area contributed by atoms with E-state index in [0.29, 0.717) is 0 Å². The van der Waals surface area contributed by atoms with Gasteiger partial charge in [-0.3, -0.25) is 0 Å². The van der Waals surface area contributed by atoms with Gasteiger partial charge >= 0.3 is 0 Å². The molecule has 0 atom stereocenters. The van der Waals surface area contributed by atoms with Crippen molar-refractivity contribution in [3.63, 3.8) is 0 Å². The molecule has 0 aliphatic rings. The van der Waals surface area contributed by atoms with Gasteiger partial charge in [0.2, 0.25) is 0 Å². The lowest BCUT2D eigenvalue weighted by molar-refractivity contribution is 0.414. The van der Waals surface area contributed by atoms with E-state index in [1.165, 1.54) is 22.4 Å². The number of ether oxygens (including phenoxy) is 1. The number of hydrogen-bond acceptors (Lipinski definition) is 3. The molecule has 2 aromatic rings. The van der Waals surface area contributed by atoms with Crippen LogP contribution in [-0.4, -0.2) is 20.2 Å². The lowest BCUT2D eigenvalue weighted by Gasteiger charge is -2.14. The number of rotatable bonds is 8. The summed E-state index contributed by atoms with van der Waals surface area (Å²) in [4.78, 5) is 0. The molecule has 0 aliphatic heterocycles. The zero-order valence-corrected chi connectivity index (χ0v) is 13.8. The maximum absolute atomic E-state index is 5.16. The van der Waals surface area contributed by atoms with Crippen LogP contribution in [0.3, 0.4) is 0 Å². The Labute approximate surface area is 133 Å². The van der Waals surface area contributed by atoms with Crippen LogP contribution in [-0.2, 0) is 13.0 Å². The van der Waals surface area contributed by atoms with Crippen LogP contribution in [0.25, 0.3) is 0 Å². The highest BCUT2D eigenvalue weighted by Crippen LogP contribution is 2.20. The van der Waals surface area contributed by atoms with E-state index in [2.05, 4.69) is 54.8 Å². The summed E-state index contributed by atoms with van der Waals surface area (Å²) >= 11 is 0. The molecule has 0 spiro atoms. The summed E-state index contributed by atoms with van der Waals surface area (Å²) in [6, 6.07) is 14.7. The zero-order valence-electron chi connectivity index (χ0n) is 13.8. The van der Waals surface area contributed by atoms with Gasteiger partial charge in [0.05, 0.1) is 7.11 Å². The van der Waals surface area contributed by atoms with E-state index in [-0.39, 0.29) is 0 Å². The number of para-hydroxylation sites is 1. The van der Waals surface area contributed by atoms with Crippen molar-refractivity contribution in [2.75, 3.05) is 25.5 Å². The molecule has 2 rings (SSSR count). The molecule has 2 N–H and O–H groups in total. The maximum Gasteiger partial charge on any atom is 0.118 e. The third-order valence-electron chi connectivity index (χ3n) is 3.83. The number of methoxy groups -OCH3 is 1. The second-order valence-corrected chi connectivity index (χ2v) is 5.41. The number of aryl methyl sites for hydroxylation is 2. The van der Waals surface area contributed by atoms with E-state index in [0.717, 1.165) is 31.8 Å². The number of anilines is 1. The highest BCUT2D eigenvalue weighted by atomic mass is 16.5. The van der Waals surface area contributed by atoms with Gasteiger partial charge in [0.1, 0.15) is 5.75 Å². The van der Waals surface area contributed by atoms with E-state index in [1.54, 1.807) is 7.11 Å². The molecule has 0 saturated carbocycles. The summed E-state index contributed by atoms with van der Waals surface area (Å²) in [7, 11) is 1.69. The van der Waals surface area contributed by atoms with Gasteiger partial charge < -0.3 is 15.4 Å². The lowest BCUT2D eigenvalue weighted by Crippen LogP contribution is -2.22. The van der Waals surface area contributed by atoms with Gasteiger partial charge in [0.15, 0.2) is 0 Å². The molecule has 0 amide bonds. The summed E-state index contributed by atoms with van der Waals surface area (Å²) in [6.07, 6.45) is 1.06. The fourth-order valence-corrected chi connectivity index (χ4v) is 2.53. The fourth-order valence-electron chi connectivity index (χ4n) is 2.53. The van der Waals surface area contributed by atoms with Gasteiger partial charge in [0, 0.05) is 25.3 Å². The van der Waals surface area contributed by atoms with Gasteiger partial charge in [-0.2, -0.15) is 0 Å². The average Bonchev–Trinajstić information content (AvgIpc) is 2.56. The van der Waals surface area contributed by atoms with Gasteiger partial charge in [-0.1, -0.05) is 37.3 Å². The van der Waals surface area contributed by atoms with Crippen molar-refractivity contribution in [3.8, 4) is 5.75 Å². The number of benzene rings is 2. The Morgan fingerprint density at radius 1 is 1.00 bits per heavy atom. The molecule has 0 bridgehead atoms. The Balaban J connectivity index is 1.75. The van der Waals surface area contributed by atoms with Crippen molar-refractivity contribution >= 4 is 5.69 Å². The predicted octanol–water partition coefficient (Wildman–Crippen LogP) is 3.77. The average molecular weight is 298 g/mol. The zero-order chi connectivity index (χ0) is 15.8. The van der Waals surface area contributed by atoms with Crippen molar-refractivity contribution in [2.45, 2.75) is 26.8 Å². The molecular weight excluding hydrogens is 272 g/mol. The Kier molecular flexibility index (Phi) is 6.28. The van der Waals surface area contributed by atoms with Gasteiger partial charge in [-0.15, -0.1) is 0 Å². The molecule has 3 heteroatoms. The van der Waals surface area contributed by atoms with Gasteiger partial charge in [-0.05, 0) is 42.2 Å². The molecule has 0 radical (unpaired) electrons. The van der Waals surface area contributed by atoms with Crippen molar-refractivity contribution in [1.29, 1.82) is 0 Å². The topological polar surface area (TPSA) is 33.3 Å².